The highest BCUT2D eigenvalue weighted by Gasteiger charge is 2.16. The number of fused-ring (bicyclic) bond motifs is 1. The van der Waals surface area contributed by atoms with Crippen LogP contribution in [0.25, 0.3) is 15.5 Å². The van der Waals surface area contributed by atoms with Crippen molar-refractivity contribution in [2.24, 2.45) is 0 Å². The number of rotatable bonds is 2. The van der Waals surface area contributed by atoms with E-state index in [0.717, 1.165) is 42.6 Å². The summed E-state index contributed by atoms with van der Waals surface area (Å²) in [6.07, 6.45) is 0. The molecule has 1 fully saturated rings. The average molecular weight is 313 g/mol. The van der Waals surface area contributed by atoms with E-state index in [-0.39, 0.29) is 5.56 Å². The van der Waals surface area contributed by atoms with Gasteiger partial charge in [-0.15, -0.1) is 0 Å². The number of benzene rings is 1. The summed E-state index contributed by atoms with van der Waals surface area (Å²) in [5.74, 6) is 0.745. The minimum atomic E-state index is -0.128. The summed E-state index contributed by atoms with van der Waals surface area (Å²) >= 11 is 1.44. The summed E-state index contributed by atoms with van der Waals surface area (Å²) in [6.45, 7) is 3.57. The van der Waals surface area contributed by atoms with Crippen LogP contribution >= 0.6 is 11.3 Å². The van der Waals surface area contributed by atoms with E-state index >= 15 is 0 Å². The minimum Gasteiger partial charge on any atom is -0.354 e. The number of hydrogen-bond acceptors (Lipinski definition) is 6. The number of hydrogen-bond donors (Lipinski definition) is 1. The Labute approximate surface area is 131 Å². The maximum absolute atomic E-state index is 12.3. The summed E-state index contributed by atoms with van der Waals surface area (Å²) in [7, 11) is 0. The van der Waals surface area contributed by atoms with Crippen molar-refractivity contribution in [1.82, 2.24) is 19.9 Å². The molecular weight excluding hydrogens is 298 g/mol. The predicted octanol–water partition coefficient (Wildman–Crippen LogP) is 1.23. The fourth-order valence-corrected chi connectivity index (χ4v) is 3.46. The Morgan fingerprint density at radius 2 is 1.91 bits per heavy atom. The molecule has 0 atom stereocenters. The van der Waals surface area contributed by atoms with Crippen LogP contribution in [0.15, 0.2) is 41.2 Å². The lowest BCUT2D eigenvalue weighted by Gasteiger charge is -2.27. The van der Waals surface area contributed by atoms with Gasteiger partial charge in [0.15, 0.2) is 0 Å². The van der Waals surface area contributed by atoms with Crippen molar-refractivity contribution in [1.29, 1.82) is 0 Å². The summed E-state index contributed by atoms with van der Waals surface area (Å²) < 4.78 is 1.39. The second-order valence-corrected chi connectivity index (χ2v) is 6.11. The number of nitrogens with one attached hydrogen (secondary N) is 1. The number of anilines is 1. The van der Waals surface area contributed by atoms with Gasteiger partial charge in [0, 0.05) is 37.8 Å². The van der Waals surface area contributed by atoms with Crippen LogP contribution in [0.1, 0.15) is 0 Å². The molecule has 0 radical (unpaired) electrons. The summed E-state index contributed by atoms with van der Waals surface area (Å²) in [5.41, 5.74) is 0.873. The van der Waals surface area contributed by atoms with E-state index in [1.807, 2.05) is 30.3 Å². The molecule has 7 heteroatoms. The zero-order valence-corrected chi connectivity index (χ0v) is 12.7. The third kappa shape index (κ3) is 2.38. The Kier molecular flexibility index (Phi) is 3.36. The monoisotopic (exact) mass is 313 g/mol. The van der Waals surface area contributed by atoms with E-state index in [1.165, 1.54) is 15.9 Å². The topological polar surface area (TPSA) is 62.5 Å². The molecule has 0 spiro atoms. The molecule has 0 amide bonds. The molecule has 2 aromatic heterocycles. The van der Waals surface area contributed by atoms with E-state index in [9.17, 15) is 4.79 Å². The molecule has 6 nitrogen and oxygen atoms in total. The minimum absolute atomic E-state index is 0.128. The second kappa shape index (κ2) is 5.51. The average Bonchev–Trinajstić information content (AvgIpc) is 3.01. The summed E-state index contributed by atoms with van der Waals surface area (Å²) in [6, 6.07) is 11.4. The summed E-state index contributed by atoms with van der Waals surface area (Å²) in [5, 5.41) is 8.51. The van der Waals surface area contributed by atoms with Crippen LogP contribution in [0.4, 0.5) is 5.82 Å². The SMILES string of the molecule is O=c1cc(N2CCNCC2)nc2sc(-c3ccccc3)nn12. The first-order chi connectivity index (χ1) is 10.8. The predicted molar refractivity (Wildman–Crippen MR) is 87.7 cm³/mol. The van der Waals surface area contributed by atoms with Crippen molar-refractivity contribution < 1.29 is 0 Å². The first-order valence-electron chi connectivity index (χ1n) is 7.23. The van der Waals surface area contributed by atoms with Gasteiger partial charge >= 0.3 is 0 Å². The smallest absolute Gasteiger partial charge is 0.277 e. The van der Waals surface area contributed by atoms with E-state index < -0.39 is 0 Å². The van der Waals surface area contributed by atoms with Gasteiger partial charge in [-0.1, -0.05) is 41.7 Å². The molecule has 0 bridgehead atoms. The van der Waals surface area contributed by atoms with Crippen molar-refractivity contribution in [2.45, 2.75) is 0 Å². The fraction of sp³-hybridized carbons (Fsp3) is 0.267. The van der Waals surface area contributed by atoms with Gasteiger partial charge in [0.2, 0.25) is 4.96 Å². The molecule has 3 aromatic rings. The zero-order chi connectivity index (χ0) is 14.9. The summed E-state index contributed by atoms with van der Waals surface area (Å²) in [4.78, 5) is 19.7. The lowest BCUT2D eigenvalue weighted by Crippen LogP contribution is -2.44. The van der Waals surface area contributed by atoms with Crippen LogP contribution in [0.2, 0.25) is 0 Å². The molecule has 112 valence electrons. The fourth-order valence-electron chi connectivity index (χ4n) is 2.55. The van der Waals surface area contributed by atoms with Crippen LogP contribution in [-0.2, 0) is 0 Å². The van der Waals surface area contributed by atoms with Crippen molar-refractivity contribution in [2.75, 3.05) is 31.1 Å². The van der Waals surface area contributed by atoms with Crippen molar-refractivity contribution in [3.63, 3.8) is 0 Å². The van der Waals surface area contributed by atoms with Gasteiger partial charge in [-0.25, -0.2) is 4.98 Å². The number of aromatic nitrogens is 3. The Morgan fingerprint density at radius 1 is 1.14 bits per heavy atom. The van der Waals surface area contributed by atoms with Crippen molar-refractivity contribution in [3.05, 3.63) is 46.8 Å². The Balaban J connectivity index is 1.79. The molecule has 0 unspecified atom stereocenters. The molecule has 1 N–H and O–H groups in total. The first-order valence-corrected chi connectivity index (χ1v) is 8.05. The number of nitrogens with zero attached hydrogens (tertiary/aromatic N) is 4. The van der Waals surface area contributed by atoms with Crippen LogP contribution in [0, 0.1) is 0 Å². The standard InChI is InChI=1S/C15H15N5OS/c21-13-10-12(19-8-6-16-7-9-19)17-15-20(13)18-14(22-15)11-4-2-1-3-5-11/h1-5,10,16H,6-9H2. The van der Waals surface area contributed by atoms with Gasteiger partial charge in [-0.3, -0.25) is 4.79 Å². The first kappa shape index (κ1) is 13.4. The molecule has 1 saturated heterocycles. The highest BCUT2D eigenvalue weighted by molar-refractivity contribution is 7.19. The van der Waals surface area contributed by atoms with Crippen LogP contribution in [0.3, 0.4) is 0 Å². The van der Waals surface area contributed by atoms with E-state index in [4.69, 9.17) is 0 Å². The van der Waals surface area contributed by atoms with Gasteiger partial charge in [-0.2, -0.15) is 9.61 Å². The largest absolute Gasteiger partial charge is 0.354 e. The van der Waals surface area contributed by atoms with Crippen molar-refractivity contribution >= 4 is 22.1 Å². The molecule has 1 aliphatic heterocycles. The lowest BCUT2D eigenvalue weighted by atomic mass is 10.2. The maximum Gasteiger partial charge on any atom is 0.277 e. The third-order valence-electron chi connectivity index (χ3n) is 3.69. The molecule has 0 aliphatic carbocycles. The quantitative estimate of drug-likeness (QED) is 0.771. The van der Waals surface area contributed by atoms with Gasteiger partial charge in [0.25, 0.3) is 5.56 Å². The molecule has 4 rings (SSSR count). The molecule has 0 saturated carbocycles. The Bertz CT molecular complexity index is 851. The van der Waals surface area contributed by atoms with Gasteiger partial charge in [-0.05, 0) is 0 Å². The van der Waals surface area contributed by atoms with Gasteiger partial charge < -0.3 is 10.2 Å². The van der Waals surface area contributed by atoms with E-state index in [1.54, 1.807) is 6.07 Å². The van der Waals surface area contributed by atoms with Crippen molar-refractivity contribution in [3.8, 4) is 10.6 Å². The van der Waals surface area contributed by atoms with E-state index in [2.05, 4.69) is 20.3 Å². The molecule has 1 aromatic carbocycles. The Hall–Kier alpha value is -2.25. The third-order valence-corrected chi connectivity index (χ3v) is 4.65. The van der Waals surface area contributed by atoms with E-state index in [0.29, 0.717) is 4.96 Å². The highest BCUT2D eigenvalue weighted by atomic mass is 32.1. The van der Waals surface area contributed by atoms with Crippen LogP contribution in [-0.4, -0.2) is 40.8 Å². The maximum atomic E-state index is 12.3. The Morgan fingerprint density at radius 3 is 2.68 bits per heavy atom. The second-order valence-electron chi connectivity index (χ2n) is 5.16. The van der Waals surface area contributed by atoms with Crippen LogP contribution < -0.4 is 15.8 Å². The lowest BCUT2D eigenvalue weighted by molar-refractivity contribution is 0.584. The molecular formula is C15H15N5OS. The molecule has 3 heterocycles. The van der Waals surface area contributed by atoms with Gasteiger partial charge in [0.05, 0.1) is 0 Å². The zero-order valence-electron chi connectivity index (χ0n) is 11.9. The van der Waals surface area contributed by atoms with Crippen LogP contribution in [0.5, 0.6) is 0 Å². The normalized spacial score (nSPS) is 15.4. The number of piperazine rings is 1. The highest BCUT2D eigenvalue weighted by Crippen LogP contribution is 2.24. The molecule has 1 aliphatic rings. The van der Waals surface area contributed by atoms with Gasteiger partial charge in [0.1, 0.15) is 10.8 Å². The molecule has 22 heavy (non-hydrogen) atoms.